The van der Waals surface area contributed by atoms with E-state index in [4.69, 9.17) is 9.47 Å². The summed E-state index contributed by atoms with van der Waals surface area (Å²) in [5.74, 6) is 0. The van der Waals surface area contributed by atoms with Crippen LogP contribution >= 0.6 is 0 Å². The Bertz CT molecular complexity index is 187. The van der Waals surface area contributed by atoms with E-state index in [0.29, 0.717) is 19.8 Å². The maximum Gasteiger partial charge on any atom is 0.0701 e. The predicted octanol–water partition coefficient (Wildman–Crippen LogP) is 0.546. The fourth-order valence-corrected chi connectivity index (χ4v) is 0.835. The summed E-state index contributed by atoms with van der Waals surface area (Å²) in [5, 5.41) is 4.04. The van der Waals surface area contributed by atoms with E-state index in [9.17, 15) is 0 Å². The molecule has 0 N–H and O–H groups in total. The van der Waals surface area contributed by atoms with Crippen LogP contribution in [0.25, 0.3) is 0 Å². The number of methoxy groups -OCH3 is 1. The first-order chi connectivity index (χ1) is 5.93. The Hall–Kier alpha value is -0.870. The Morgan fingerprint density at radius 1 is 1.33 bits per heavy atom. The van der Waals surface area contributed by atoms with Crippen LogP contribution in [0.5, 0.6) is 0 Å². The van der Waals surface area contributed by atoms with Crippen molar-refractivity contribution in [2.45, 2.75) is 6.54 Å². The molecule has 0 amide bonds. The molecule has 0 unspecified atom stereocenters. The van der Waals surface area contributed by atoms with Crippen LogP contribution in [0.4, 0.5) is 0 Å². The van der Waals surface area contributed by atoms with Crippen molar-refractivity contribution in [2.75, 3.05) is 26.9 Å². The van der Waals surface area contributed by atoms with E-state index in [1.54, 1.807) is 13.3 Å². The molecule has 0 fully saturated rings. The number of hydrogen-bond acceptors (Lipinski definition) is 3. The lowest BCUT2D eigenvalue weighted by Gasteiger charge is -2.02. The molecule has 0 atom stereocenters. The van der Waals surface area contributed by atoms with Crippen LogP contribution < -0.4 is 0 Å². The summed E-state index contributed by atoms with van der Waals surface area (Å²) in [5.41, 5.74) is 0. The van der Waals surface area contributed by atoms with Gasteiger partial charge in [0, 0.05) is 19.5 Å². The zero-order valence-electron chi connectivity index (χ0n) is 7.27. The smallest absolute Gasteiger partial charge is 0.0701 e. The molecule has 0 radical (unpaired) electrons. The van der Waals surface area contributed by atoms with Crippen LogP contribution in [0.15, 0.2) is 18.5 Å². The van der Waals surface area contributed by atoms with E-state index in [2.05, 4.69) is 5.10 Å². The largest absolute Gasteiger partial charge is 0.382 e. The second-order valence-corrected chi connectivity index (χ2v) is 2.37. The van der Waals surface area contributed by atoms with Crippen LogP contribution in [0.2, 0.25) is 0 Å². The first-order valence-corrected chi connectivity index (χ1v) is 3.97. The van der Waals surface area contributed by atoms with E-state index in [0.717, 1.165) is 6.54 Å². The van der Waals surface area contributed by atoms with Gasteiger partial charge in [-0.3, -0.25) is 4.68 Å². The van der Waals surface area contributed by atoms with Crippen molar-refractivity contribution in [2.24, 2.45) is 0 Å². The van der Waals surface area contributed by atoms with Crippen LogP contribution in [-0.4, -0.2) is 36.7 Å². The molecule has 68 valence electrons. The van der Waals surface area contributed by atoms with E-state index >= 15 is 0 Å². The van der Waals surface area contributed by atoms with Gasteiger partial charge in [0.15, 0.2) is 0 Å². The van der Waals surface area contributed by atoms with Crippen molar-refractivity contribution in [1.82, 2.24) is 9.78 Å². The molecule has 1 aromatic rings. The fourth-order valence-electron chi connectivity index (χ4n) is 0.835. The Morgan fingerprint density at radius 2 is 2.25 bits per heavy atom. The lowest BCUT2D eigenvalue weighted by molar-refractivity contribution is 0.0654. The SMILES string of the molecule is COCCOCCn1cccn1. The Balaban J connectivity index is 1.96. The minimum atomic E-state index is 0.651. The molecule has 0 aliphatic rings. The van der Waals surface area contributed by atoms with Gasteiger partial charge >= 0.3 is 0 Å². The highest BCUT2D eigenvalue weighted by atomic mass is 16.5. The molecule has 0 saturated heterocycles. The highest BCUT2D eigenvalue weighted by Crippen LogP contribution is 1.85. The third kappa shape index (κ3) is 3.50. The second-order valence-electron chi connectivity index (χ2n) is 2.37. The van der Waals surface area contributed by atoms with Crippen LogP contribution in [0.1, 0.15) is 0 Å². The number of nitrogens with zero attached hydrogens (tertiary/aromatic N) is 2. The van der Waals surface area contributed by atoms with Crippen molar-refractivity contribution >= 4 is 0 Å². The van der Waals surface area contributed by atoms with Gasteiger partial charge in [-0.25, -0.2) is 0 Å². The Labute approximate surface area is 72.1 Å². The zero-order chi connectivity index (χ0) is 8.65. The molecule has 1 heterocycles. The molecule has 0 aliphatic heterocycles. The monoisotopic (exact) mass is 170 g/mol. The molecule has 1 aromatic heterocycles. The third-order valence-electron chi connectivity index (χ3n) is 1.46. The van der Waals surface area contributed by atoms with Crippen molar-refractivity contribution in [3.63, 3.8) is 0 Å². The van der Waals surface area contributed by atoms with E-state index in [-0.39, 0.29) is 0 Å². The molecule has 1 rings (SSSR count). The number of hydrogen-bond donors (Lipinski definition) is 0. The predicted molar refractivity (Wildman–Crippen MR) is 44.9 cm³/mol. The lowest BCUT2D eigenvalue weighted by Crippen LogP contribution is -2.09. The average molecular weight is 170 g/mol. The summed E-state index contributed by atoms with van der Waals surface area (Å²) in [4.78, 5) is 0. The first-order valence-electron chi connectivity index (χ1n) is 3.97. The van der Waals surface area contributed by atoms with Crippen molar-refractivity contribution in [3.8, 4) is 0 Å². The summed E-state index contributed by atoms with van der Waals surface area (Å²) in [7, 11) is 1.66. The maximum atomic E-state index is 5.26. The number of ether oxygens (including phenoxy) is 2. The topological polar surface area (TPSA) is 36.3 Å². The summed E-state index contributed by atoms with van der Waals surface area (Å²) in [6.45, 7) is 2.79. The molecule has 0 aromatic carbocycles. The lowest BCUT2D eigenvalue weighted by atomic mass is 10.6. The van der Waals surface area contributed by atoms with Gasteiger partial charge in [0.25, 0.3) is 0 Å². The molecular weight excluding hydrogens is 156 g/mol. The zero-order valence-corrected chi connectivity index (χ0v) is 7.27. The molecule has 0 spiro atoms. The quantitative estimate of drug-likeness (QED) is 0.585. The summed E-state index contributed by atoms with van der Waals surface area (Å²) in [6, 6.07) is 1.90. The second kappa shape index (κ2) is 5.74. The fraction of sp³-hybridized carbons (Fsp3) is 0.625. The highest BCUT2D eigenvalue weighted by molar-refractivity contribution is 4.77. The van der Waals surface area contributed by atoms with Gasteiger partial charge in [-0.05, 0) is 6.07 Å². The third-order valence-corrected chi connectivity index (χ3v) is 1.46. The molecule has 0 bridgehead atoms. The van der Waals surface area contributed by atoms with Gasteiger partial charge < -0.3 is 9.47 Å². The molecular formula is C8H14N2O2. The van der Waals surface area contributed by atoms with Crippen molar-refractivity contribution < 1.29 is 9.47 Å². The van der Waals surface area contributed by atoms with Crippen molar-refractivity contribution in [3.05, 3.63) is 18.5 Å². The van der Waals surface area contributed by atoms with Gasteiger partial charge in [0.05, 0.1) is 26.4 Å². The van der Waals surface area contributed by atoms with Gasteiger partial charge in [-0.15, -0.1) is 0 Å². The molecule has 0 aliphatic carbocycles. The average Bonchev–Trinajstić information content (AvgIpc) is 2.57. The molecule has 0 saturated carbocycles. The van der Waals surface area contributed by atoms with Crippen molar-refractivity contribution in [1.29, 1.82) is 0 Å². The molecule has 4 nitrogen and oxygen atoms in total. The normalized spacial score (nSPS) is 10.4. The van der Waals surface area contributed by atoms with Crippen LogP contribution in [-0.2, 0) is 16.0 Å². The standard InChI is InChI=1S/C8H14N2O2/c1-11-7-8-12-6-5-10-4-2-3-9-10/h2-4H,5-8H2,1H3. The first kappa shape index (κ1) is 9.22. The van der Waals surface area contributed by atoms with Gasteiger partial charge in [-0.1, -0.05) is 0 Å². The van der Waals surface area contributed by atoms with E-state index in [1.807, 2.05) is 16.9 Å². The van der Waals surface area contributed by atoms with Gasteiger partial charge in [0.1, 0.15) is 0 Å². The summed E-state index contributed by atoms with van der Waals surface area (Å²) < 4.78 is 11.9. The number of rotatable bonds is 6. The van der Waals surface area contributed by atoms with Gasteiger partial charge in [0.2, 0.25) is 0 Å². The molecule has 4 heteroatoms. The van der Waals surface area contributed by atoms with E-state index in [1.165, 1.54) is 0 Å². The Kier molecular flexibility index (Phi) is 4.41. The maximum absolute atomic E-state index is 5.26. The minimum Gasteiger partial charge on any atom is -0.382 e. The Morgan fingerprint density at radius 3 is 2.92 bits per heavy atom. The van der Waals surface area contributed by atoms with Crippen LogP contribution in [0.3, 0.4) is 0 Å². The highest BCUT2D eigenvalue weighted by Gasteiger charge is 1.90. The van der Waals surface area contributed by atoms with E-state index < -0.39 is 0 Å². The molecule has 12 heavy (non-hydrogen) atoms. The number of aromatic nitrogens is 2. The summed E-state index contributed by atoms with van der Waals surface area (Å²) >= 11 is 0. The van der Waals surface area contributed by atoms with Crippen LogP contribution in [0, 0.1) is 0 Å². The van der Waals surface area contributed by atoms with Gasteiger partial charge in [-0.2, -0.15) is 5.10 Å². The minimum absolute atomic E-state index is 0.651. The summed E-state index contributed by atoms with van der Waals surface area (Å²) in [6.07, 6.45) is 3.68.